The molecule has 0 saturated carbocycles. The van der Waals surface area contributed by atoms with Gasteiger partial charge in [-0.25, -0.2) is 17.8 Å². The molecule has 0 radical (unpaired) electrons. The molecule has 0 unspecified atom stereocenters. The van der Waals surface area contributed by atoms with E-state index in [1.165, 1.54) is 4.68 Å². The fraction of sp³-hybridized carbons (Fsp3) is 0.429. The van der Waals surface area contributed by atoms with Crippen molar-refractivity contribution in [1.82, 2.24) is 14.8 Å². The molecule has 2 aromatic rings. The number of nitrogens with one attached hydrogen (secondary N) is 1. The summed E-state index contributed by atoms with van der Waals surface area (Å²) in [5.74, 6) is 1.14. The molecule has 0 fully saturated rings. The number of benzene rings is 1. The van der Waals surface area contributed by atoms with Crippen LogP contribution in [0.1, 0.15) is 37.6 Å². The van der Waals surface area contributed by atoms with Crippen LogP contribution < -0.4 is 4.72 Å². The lowest BCUT2D eigenvalue weighted by molar-refractivity contribution is 0.600. The summed E-state index contributed by atoms with van der Waals surface area (Å²) in [6.45, 7) is 5.93. The van der Waals surface area contributed by atoms with E-state index in [0.717, 1.165) is 12.0 Å². The summed E-state index contributed by atoms with van der Waals surface area (Å²) in [5.41, 5.74) is 1.13. The topological polar surface area (TPSA) is 76.9 Å². The molecule has 6 nitrogen and oxygen atoms in total. The molecule has 0 aliphatic heterocycles. The largest absolute Gasteiger partial charge is 0.264 e. The van der Waals surface area contributed by atoms with Crippen LogP contribution in [0.25, 0.3) is 0 Å². The van der Waals surface area contributed by atoms with E-state index in [1.807, 2.05) is 12.1 Å². The van der Waals surface area contributed by atoms with Crippen LogP contribution >= 0.6 is 0 Å². The van der Waals surface area contributed by atoms with Crippen molar-refractivity contribution in [1.29, 1.82) is 0 Å². The van der Waals surface area contributed by atoms with Crippen molar-refractivity contribution in [3.8, 4) is 0 Å². The maximum atomic E-state index is 12.3. The monoisotopic (exact) mass is 308 g/mol. The van der Waals surface area contributed by atoms with Gasteiger partial charge in [-0.05, 0) is 37.0 Å². The molecule has 0 aliphatic rings. The Bertz CT molecular complexity index is 720. The van der Waals surface area contributed by atoms with Gasteiger partial charge in [-0.3, -0.25) is 0 Å². The molecule has 1 heterocycles. The molecule has 0 amide bonds. The highest BCUT2D eigenvalue weighted by atomic mass is 32.2. The number of aryl methyl sites for hydroxylation is 2. The Morgan fingerprint density at radius 2 is 1.90 bits per heavy atom. The quantitative estimate of drug-likeness (QED) is 0.920. The zero-order valence-electron chi connectivity index (χ0n) is 12.7. The van der Waals surface area contributed by atoms with Gasteiger partial charge in [-0.2, -0.15) is 10.1 Å². The van der Waals surface area contributed by atoms with Crippen molar-refractivity contribution >= 4 is 16.0 Å². The summed E-state index contributed by atoms with van der Waals surface area (Å²) in [5, 5.41) is 4.02. The lowest BCUT2D eigenvalue weighted by atomic mass is 9.99. The number of hydrogen-bond acceptors (Lipinski definition) is 4. The molecule has 1 aromatic carbocycles. The van der Waals surface area contributed by atoms with Gasteiger partial charge in [0.15, 0.2) is 0 Å². The number of aromatic nitrogens is 3. The molecule has 0 spiro atoms. The maximum absolute atomic E-state index is 12.3. The van der Waals surface area contributed by atoms with Crippen molar-refractivity contribution < 1.29 is 8.42 Å². The van der Waals surface area contributed by atoms with Crippen LogP contribution in [0.15, 0.2) is 29.2 Å². The lowest BCUT2D eigenvalue weighted by Gasteiger charge is -2.10. The Hall–Kier alpha value is -1.89. The van der Waals surface area contributed by atoms with Gasteiger partial charge < -0.3 is 0 Å². The Balaban J connectivity index is 2.25. The van der Waals surface area contributed by atoms with E-state index in [0.29, 0.717) is 11.7 Å². The highest BCUT2D eigenvalue weighted by Gasteiger charge is 2.17. The minimum atomic E-state index is -3.65. The normalized spacial score (nSPS) is 13.1. The van der Waals surface area contributed by atoms with Crippen molar-refractivity contribution in [2.75, 3.05) is 4.72 Å². The van der Waals surface area contributed by atoms with Crippen LogP contribution in [-0.2, 0) is 17.1 Å². The summed E-state index contributed by atoms with van der Waals surface area (Å²) in [4.78, 5) is 4.26. The third kappa shape index (κ3) is 3.41. The molecule has 1 N–H and O–H groups in total. The number of hydrogen-bond donors (Lipinski definition) is 1. The highest BCUT2D eigenvalue weighted by molar-refractivity contribution is 7.92. The minimum absolute atomic E-state index is 0.207. The predicted octanol–water partition coefficient (Wildman–Crippen LogP) is 2.44. The Kier molecular flexibility index (Phi) is 4.32. The first-order chi connectivity index (χ1) is 9.83. The third-order valence-corrected chi connectivity index (χ3v) is 4.81. The SMILES string of the molecule is CC[C@H](C)c1ccc(S(=O)(=O)Nc2nc(C)nn2C)cc1. The first kappa shape index (κ1) is 15.5. The first-order valence-corrected chi connectivity index (χ1v) is 8.32. The van der Waals surface area contributed by atoms with E-state index < -0.39 is 10.0 Å². The summed E-state index contributed by atoms with van der Waals surface area (Å²) < 4.78 is 28.5. The van der Waals surface area contributed by atoms with Crippen LogP contribution in [-0.4, -0.2) is 23.2 Å². The Labute approximate surface area is 125 Å². The van der Waals surface area contributed by atoms with Crippen LogP contribution in [0.3, 0.4) is 0 Å². The Morgan fingerprint density at radius 1 is 1.29 bits per heavy atom. The molecular formula is C14H20N4O2S. The Morgan fingerprint density at radius 3 is 2.38 bits per heavy atom. The fourth-order valence-corrected chi connectivity index (χ4v) is 3.02. The van der Waals surface area contributed by atoms with Gasteiger partial charge in [0.05, 0.1) is 4.90 Å². The summed E-state index contributed by atoms with van der Waals surface area (Å²) in [6.07, 6.45) is 1.02. The zero-order valence-corrected chi connectivity index (χ0v) is 13.5. The molecule has 1 aromatic heterocycles. The molecular weight excluding hydrogens is 288 g/mol. The molecule has 7 heteroatoms. The minimum Gasteiger partial charge on any atom is -0.247 e. The molecule has 1 atom stereocenters. The van der Waals surface area contributed by atoms with E-state index in [2.05, 4.69) is 28.7 Å². The second-order valence-corrected chi connectivity index (χ2v) is 6.77. The second-order valence-electron chi connectivity index (χ2n) is 5.09. The van der Waals surface area contributed by atoms with Gasteiger partial charge in [-0.15, -0.1) is 0 Å². The van der Waals surface area contributed by atoms with Crippen LogP contribution in [0.4, 0.5) is 5.95 Å². The van der Waals surface area contributed by atoms with Gasteiger partial charge in [0, 0.05) is 7.05 Å². The number of nitrogens with zero attached hydrogens (tertiary/aromatic N) is 3. The smallest absolute Gasteiger partial charge is 0.247 e. The highest BCUT2D eigenvalue weighted by Crippen LogP contribution is 2.21. The van der Waals surface area contributed by atoms with Gasteiger partial charge in [0.25, 0.3) is 10.0 Å². The average Bonchev–Trinajstić information content (AvgIpc) is 2.75. The third-order valence-electron chi connectivity index (χ3n) is 3.47. The first-order valence-electron chi connectivity index (χ1n) is 6.84. The molecule has 0 aliphatic carbocycles. The van der Waals surface area contributed by atoms with E-state index in [1.54, 1.807) is 26.1 Å². The van der Waals surface area contributed by atoms with Crippen molar-refractivity contribution in [2.24, 2.45) is 7.05 Å². The summed E-state index contributed by atoms with van der Waals surface area (Å²) in [7, 11) is -2.00. The van der Waals surface area contributed by atoms with E-state index in [9.17, 15) is 8.42 Å². The van der Waals surface area contributed by atoms with Crippen LogP contribution in [0, 0.1) is 6.92 Å². The number of sulfonamides is 1. The van der Waals surface area contributed by atoms with Crippen molar-refractivity contribution in [3.05, 3.63) is 35.7 Å². The van der Waals surface area contributed by atoms with Gasteiger partial charge in [-0.1, -0.05) is 26.0 Å². The van der Waals surface area contributed by atoms with Crippen LogP contribution in [0.2, 0.25) is 0 Å². The fourth-order valence-electron chi connectivity index (χ4n) is 1.99. The number of anilines is 1. The zero-order chi connectivity index (χ0) is 15.6. The molecule has 0 bridgehead atoms. The van der Waals surface area contributed by atoms with Crippen molar-refractivity contribution in [3.63, 3.8) is 0 Å². The standard InChI is InChI=1S/C14H20N4O2S/c1-5-10(2)12-6-8-13(9-7-12)21(19,20)17-14-15-11(3)16-18(14)4/h6-10H,5H2,1-4H3,(H,15,16,17)/t10-/m0/s1. The molecule has 21 heavy (non-hydrogen) atoms. The molecule has 2 rings (SSSR count). The molecule has 0 saturated heterocycles. The molecule has 114 valence electrons. The van der Waals surface area contributed by atoms with E-state index in [-0.39, 0.29) is 10.8 Å². The average molecular weight is 308 g/mol. The summed E-state index contributed by atoms with van der Waals surface area (Å²) in [6, 6.07) is 6.94. The van der Waals surface area contributed by atoms with Gasteiger partial charge >= 0.3 is 0 Å². The second kappa shape index (κ2) is 5.85. The van der Waals surface area contributed by atoms with E-state index in [4.69, 9.17) is 0 Å². The predicted molar refractivity (Wildman–Crippen MR) is 81.7 cm³/mol. The van der Waals surface area contributed by atoms with Gasteiger partial charge in [0.2, 0.25) is 5.95 Å². The van der Waals surface area contributed by atoms with Crippen LogP contribution in [0.5, 0.6) is 0 Å². The lowest BCUT2D eigenvalue weighted by Crippen LogP contribution is -2.16. The van der Waals surface area contributed by atoms with E-state index >= 15 is 0 Å². The van der Waals surface area contributed by atoms with Crippen molar-refractivity contribution in [2.45, 2.75) is 38.0 Å². The number of rotatable bonds is 5. The summed E-state index contributed by atoms with van der Waals surface area (Å²) >= 11 is 0. The maximum Gasteiger partial charge on any atom is 0.264 e. The van der Waals surface area contributed by atoms with Gasteiger partial charge in [0.1, 0.15) is 5.82 Å².